The number of nitrogens with zero attached hydrogens (tertiary/aromatic N) is 2. The molecule has 1 heterocycles. The Balaban J connectivity index is 2.23. The van der Waals surface area contributed by atoms with E-state index in [2.05, 4.69) is 46.4 Å². The molecule has 0 unspecified atom stereocenters. The standard InChI is InChI=1S/C16H32N2O2/c1-15(2,3)13-20-12-7-14(19)17-8-10-18(11-9-17)16(4,5)6/h7-13H2,1-6H3. The molecular formula is C16H32N2O2. The van der Waals surface area contributed by atoms with Gasteiger partial charge in [-0.15, -0.1) is 0 Å². The summed E-state index contributed by atoms with van der Waals surface area (Å²) in [7, 11) is 0. The van der Waals surface area contributed by atoms with Crippen LogP contribution < -0.4 is 0 Å². The van der Waals surface area contributed by atoms with Crippen molar-refractivity contribution in [2.75, 3.05) is 39.4 Å². The van der Waals surface area contributed by atoms with E-state index in [0.29, 0.717) is 19.6 Å². The van der Waals surface area contributed by atoms with Crippen molar-refractivity contribution in [3.63, 3.8) is 0 Å². The summed E-state index contributed by atoms with van der Waals surface area (Å²) in [5, 5.41) is 0. The van der Waals surface area contributed by atoms with Crippen LogP contribution >= 0.6 is 0 Å². The highest BCUT2D eigenvalue weighted by Crippen LogP contribution is 2.16. The highest BCUT2D eigenvalue weighted by Gasteiger charge is 2.27. The first-order valence-electron chi connectivity index (χ1n) is 7.70. The van der Waals surface area contributed by atoms with Crippen LogP contribution in [0.3, 0.4) is 0 Å². The Morgan fingerprint density at radius 1 is 1.00 bits per heavy atom. The van der Waals surface area contributed by atoms with Gasteiger partial charge in [0.05, 0.1) is 19.6 Å². The van der Waals surface area contributed by atoms with Gasteiger partial charge in [0.1, 0.15) is 0 Å². The minimum Gasteiger partial charge on any atom is -0.380 e. The number of carbonyl (C=O) groups is 1. The Bertz CT molecular complexity index is 307. The molecule has 20 heavy (non-hydrogen) atoms. The quantitative estimate of drug-likeness (QED) is 0.743. The van der Waals surface area contributed by atoms with Crippen molar-refractivity contribution in [3.05, 3.63) is 0 Å². The monoisotopic (exact) mass is 284 g/mol. The predicted molar refractivity (Wildman–Crippen MR) is 82.8 cm³/mol. The third-order valence-corrected chi connectivity index (χ3v) is 3.58. The first kappa shape index (κ1) is 17.4. The third kappa shape index (κ3) is 6.23. The Morgan fingerprint density at radius 3 is 2.00 bits per heavy atom. The molecule has 0 aromatic rings. The van der Waals surface area contributed by atoms with E-state index in [4.69, 9.17) is 4.74 Å². The van der Waals surface area contributed by atoms with Gasteiger partial charge in [-0.05, 0) is 26.2 Å². The lowest BCUT2D eigenvalue weighted by molar-refractivity contribution is -0.135. The summed E-state index contributed by atoms with van der Waals surface area (Å²) in [4.78, 5) is 16.5. The normalized spacial score (nSPS) is 18.4. The van der Waals surface area contributed by atoms with Gasteiger partial charge >= 0.3 is 0 Å². The SMILES string of the molecule is CC(C)(C)COCCC(=O)N1CCN(C(C)(C)C)CC1. The summed E-state index contributed by atoms with van der Waals surface area (Å²) in [6.07, 6.45) is 0.506. The summed E-state index contributed by atoms with van der Waals surface area (Å²) in [5.41, 5.74) is 0.367. The van der Waals surface area contributed by atoms with Crippen LogP contribution in [0.4, 0.5) is 0 Å². The maximum Gasteiger partial charge on any atom is 0.224 e. The van der Waals surface area contributed by atoms with Gasteiger partial charge in [0, 0.05) is 31.7 Å². The van der Waals surface area contributed by atoms with E-state index < -0.39 is 0 Å². The molecule has 1 aliphatic heterocycles. The summed E-state index contributed by atoms with van der Waals surface area (Å²) in [6, 6.07) is 0. The molecule has 1 rings (SSSR count). The zero-order valence-electron chi connectivity index (χ0n) is 14.2. The molecule has 0 aliphatic carbocycles. The van der Waals surface area contributed by atoms with Gasteiger partial charge in [-0.1, -0.05) is 20.8 Å². The number of piperazine rings is 1. The fourth-order valence-electron chi connectivity index (χ4n) is 2.32. The van der Waals surface area contributed by atoms with E-state index in [9.17, 15) is 4.79 Å². The van der Waals surface area contributed by atoms with E-state index in [1.165, 1.54) is 0 Å². The highest BCUT2D eigenvalue weighted by atomic mass is 16.5. The molecule has 0 saturated carbocycles. The molecule has 118 valence electrons. The molecule has 0 N–H and O–H groups in total. The van der Waals surface area contributed by atoms with Gasteiger partial charge in [-0.2, -0.15) is 0 Å². The van der Waals surface area contributed by atoms with Gasteiger partial charge in [0.2, 0.25) is 5.91 Å². The van der Waals surface area contributed by atoms with Gasteiger partial charge in [0.25, 0.3) is 0 Å². The first-order valence-corrected chi connectivity index (χ1v) is 7.70. The van der Waals surface area contributed by atoms with E-state index in [0.717, 1.165) is 26.2 Å². The van der Waals surface area contributed by atoms with Crippen molar-refractivity contribution in [2.45, 2.75) is 53.5 Å². The lowest BCUT2D eigenvalue weighted by Gasteiger charge is -2.42. The van der Waals surface area contributed by atoms with Crippen LogP contribution in [0.2, 0.25) is 0 Å². The molecule has 0 atom stereocenters. The summed E-state index contributed by atoms with van der Waals surface area (Å²) in [6.45, 7) is 18.0. The van der Waals surface area contributed by atoms with Crippen LogP contribution in [-0.2, 0) is 9.53 Å². The maximum atomic E-state index is 12.1. The molecule has 4 nitrogen and oxygen atoms in total. The second-order valence-electron chi connectivity index (χ2n) is 7.90. The van der Waals surface area contributed by atoms with Crippen molar-refractivity contribution in [2.24, 2.45) is 5.41 Å². The van der Waals surface area contributed by atoms with Crippen LogP contribution in [-0.4, -0.2) is 60.6 Å². The molecule has 1 aliphatic rings. The maximum absolute atomic E-state index is 12.1. The number of ether oxygens (including phenoxy) is 1. The zero-order chi connectivity index (χ0) is 15.4. The Kier molecular flexibility index (Phi) is 6.02. The summed E-state index contributed by atoms with van der Waals surface area (Å²) < 4.78 is 5.58. The molecule has 1 amide bonds. The molecule has 0 bridgehead atoms. The molecule has 0 aromatic heterocycles. The van der Waals surface area contributed by atoms with Crippen LogP contribution in [0, 0.1) is 5.41 Å². The van der Waals surface area contributed by atoms with Crippen molar-refractivity contribution in [1.29, 1.82) is 0 Å². The van der Waals surface area contributed by atoms with E-state index in [1.807, 2.05) is 4.90 Å². The molecule has 0 radical (unpaired) electrons. The van der Waals surface area contributed by atoms with E-state index in [-0.39, 0.29) is 16.9 Å². The Morgan fingerprint density at radius 2 is 1.55 bits per heavy atom. The van der Waals surface area contributed by atoms with Gasteiger partial charge in [-0.25, -0.2) is 0 Å². The molecular weight excluding hydrogens is 252 g/mol. The van der Waals surface area contributed by atoms with Crippen molar-refractivity contribution in [3.8, 4) is 0 Å². The average molecular weight is 284 g/mol. The van der Waals surface area contributed by atoms with E-state index >= 15 is 0 Å². The number of amides is 1. The van der Waals surface area contributed by atoms with Crippen LogP contribution in [0.5, 0.6) is 0 Å². The van der Waals surface area contributed by atoms with Crippen molar-refractivity contribution in [1.82, 2.24) is 9.80 Å². The first-order chi connectivity index (χ1) is 9.09. The number of hydrogen-bond acceptors (Lipinski definition) is 3. The predicted octanol–water partition coefficient (Wildman–Crippen LogP) is 2.38. The third-order valence-electron chi connectivity index (χ3n) is 3.58. The summed E-state index contributed by atoms with van der Waals surface area (Å²) in [5.74, 6) is 0.229. The second-order valence-corrected chi connectivity index (χ2v) is 7.90. The second kappa shape index (κ2) is 6.90. The molecule has 0 spiro atoms. The highest BCUT2D eigenvalue weighted by molar-refractivity contribution is 5.76. The van der Waals surface area contributed by atoms with Gasteiger partial charge in [0.15, 0.2) is 0 Å². The molecule has 4 heteroatoms. The van der Waals surface area contributed by atoms with Gasteiger partial charge < -0.3 is 9.64 Å². The number of hydrogen-bond donors (Lipinski definition) is 0. The number of rotatable bonds is 4. The fraction of sp³-hybridized carbons (Fsp3) is 0.938. The molecule has 1 saturated heterocycles. The molecule has 0 aromatic carbocycles. The van der Waals surface area contributed by atoms with Crippen LogP contribution in [0.1, 0.15) is 48.0 Å². The lowest BCUT2D eigenvalue weighted by atomic mass is 9.99. The number of carbonyl (C=O) groups excluding carboxylic acids is 1. The topological polar surface area (TPSA) is 32.8 Å². The largest absolute Gasteiger partial charge is 0.380 e. The molecule has 1 fully saturated rings. The van der Waals surface area contributed by atoms with Crippen molar-refractivity contribution >= 4 is 5.91 Å². The average Bonchev–Trinajstić information content (AvgIpc) is 2.32. The lowest BCUT2D eigenvalue weighted by Crippen LogP contribution is -2.54. The van der Waals surface area contributed by atoms with E-state index in [1.54, 1.807) is 0 Å². The summed E-state index contributed by atoms with van der Waals surface area (Å²) >= 11 is 0. The zero-order valence-corrected chi connectivity index (χ0v) is 14.2. The van der Waals surface area contributed by atoms with Crippen LogP contribution in [0.25, 0.3) is 0 Å². The van der Waals surface area contributed by atoms with Gasteiger partial charge in [-0.3, -0.25) is 9.69 Å². The van der Waals surface area contributed by atoms with Crippen molar-refractivity contribution < 1.29 is 9.53 Å². The Labute approximate surface area is 124 Å². The smallest absolute Gasteiger partial charge is 0.224 e. The minimum absolute atomic E-state index is 0.168. The Hall–Kier alpha value is -0.610. The van der Waals surface area contributed by atoms with Crippen LogP contribution in [0.15, 0.2) is 0 Å². The fourth-order valence-corrected chi connectivity index (χ4v) is 2.32. The minimum atomic E-state index is 0.168.